The number of aliphatic hydroxyl groups excluding tert-OH is 1. The molecule has 1 atom stereocenters. The van der Waals surface area contributed by atoms with E-state index in [2.05, 4.69) is 9.97 Å². The maximum Gasteiger partial charge on any atom is 0.0622 e. The van der Waals surface area contributed by atoms with Gasteiger partial charge in [0.15, 0.2) is 0 Å². The van der Waals surface area contributed by atoms with Crippen LogP contribution in [0.25, 0.3) is 0 Å². The second-order valence-corrected chi connectivity index (χ2v) is 3.99. The van der Waals surface area contributed by atoms with Crippen molar-refractivity contribution in [3.8, 4) is 0 Å². The van der Waals surface area contributed by atoms with E-state index in [1.165, 1.54) is 0 Å². The maximum atomic E-state index is 9.98. The number of aliphatic hydroxyl groups is 1. The second kappa shape index (κ2) is 5.41. The number of nitrogen functional groups attached to an aromatic ring is 1. The van der Waals surface area contributed by atoms with Crippen LogP contribution in [-0.2, 0) is 12.8 Å². The Labute approximate surface area is 100 Å². The Hall–Kier alpha value is -1.94. The van der Waals surface area contributed by atoms with Gasteiger partial charge in [0.1, 0.15) is 0 Å². The lowest BCUT2D eigenvalue weighted by molar-refractivity contribution is 0.175. The molecule has 0 bridgehead atoms. The van der Waals surface area contributed by atoms with Gasteiger partial charge in [-0.05, 0) is 35.7 Å². The molecule has 0 aliphatic rings. The standard InChI is InChI=1S/C13H15N3O/c14-13-3-6-16-9-11(13)8-12(17)7-10-1-4-15-5-2-10/h1-6,9,12,17H,7-8H2,(H2,14,16). The molecule has 2 aromatic rings. The molecule has 0 spiro atoms. The zero-order chi connectivity index (χ0) is 12.1. The van der Waals surface area contributed by atoms with Gasteiger partial charge in [-0.25, -0.2) is 0 Å². The third-order valence-electron chi connectivity index (χ3n) is 2.62. The molecular weight excluding hydrogens is 214 g/mol. The Kier molecular flexibility index (Phi) is 3.67. The first-order valence-corrected chi connectivity index (χ1v) is 5.51. The van der Waals surface area contributed by atoms with E-state index in [-0.39, 0.29) is 0 Å². The first-order valence-electron chi connectivity index (χ1n) is 5.51. The van der Waals surface area contributed by atoms with E-state index in [9.17, 15) is 5.11 Å². The molecule has 2 aromatic heterocycles. The van der Waals surface area contributed by atoms with E-state index in [4.69, 9.17) is 5.73 Å². The molecule has 4 nitrogen and oxygen atoms in total. The van der Waals surface area contributed by atoms with Gasteiger partial charge in [0.25, 0.3) is 0 Å². The Morgan fingerprint density at radius 2 is 1.76 bits per heavy atom. The average molecular weight is 229 g/mol. The first-order chi connectivity index (χ1) is 8.25. The van der Waals surface area contributed by atoms with Crippen LogP contribution in [0.4, 0.5) is 5.69 Å². The monoisotopic (exact) mass is 229 g/mol. The molecule has 0 fully saturated rings. The van der Waals surface area contributed by atoms with Crippen molar-refractivity contribution in [1.82, 2.24) is 9.97 Å². The Morgan fingerprint density at radius 3 is 2.47 bits per heavy atom. The third kappa shape index (κ3) is 3.26. The lowest BCUT2D eigenvalue weighted by Gasteiger charge is -2.11. The largest absolute Gasteiger partial charge is 0.398 e. The van der Waals surface area contributed by atoms with Gasteiger partial charge in [-0.1, -0.05) is 0 Å². The molecule has 0 aliphatic carbocycles. The van der Waals surface area contributed by atoms with Crippen LogP contribution in [0, 0.1) is 0 Å². The van der Waals surface area contributed by atoms with Gasteiger partial charge in [-0.3, -0.25) is 9.97 Å². The first kappa shape index (κ1) is 11.5. The highest BCUT2D eigenvalue weighted by Crippen LogP contribution is 2.13. The zero-order valence-corrected chi connectivity index (χ0v) is 9.45. The molecule has 0 aliphatic heterocycles. The molecule has 0 saturated heterocycles. The minimum atomic E-state index is -0.455. The molecule has 17 heavy (non-hydrogen) atoms. The fourth-order valence-electron chi connectivity index (χ4n) is 1.73. The van der Waals surface area contributed by atoms with Crippen molar-refractivity contribution in [3.63, 3.8) is 0 Å². The van der Waals surface area contributed by atoms with Crippen LogP contribution in [-0.4, -0.2) is 21.2 Å². The normalized spacial score (nSPS) is 12.3. The summed E-state index contributed by atoms with van der Waals surface area (Å²) in [6.07, 6.45) is 7.45. The van der Waals surface area contributed by atoms with Crippen LogP contribution in [0.15, 0.2) is 43.0 Å². The average Bonchev–Trinajstić information content (AvgIpc) is 2.33. The quantitative estimate of drug-likeness (QED) is 0.826. The van der Waals surface area contributed by atoms with Crippen LogP contribution < -0.4 is 5.73 Å². The predicted octanol–water partition coefficient (Wildman–Crippen LogP) is 1.20. The molecule has 0 saturated carbocycles. The topological polar surface area (TPSA) is 72.0 Å². The zero-order valence-electron chi connectivity index (χ0n) is 9.45. The summed E-state index contributed by atoms with van der Waals surface area (Å²) in [4.78, 5) is 7.94. The van der Waals surface area contributed by atoms with E-state index >= 15 is 0 Å². The highest BCUT2D eigenvalue weighted by Gasteiger charge is 2.09. The number of hydrogen-bond acceptors (Lipinski definition) is 4. The van der Waals surface area contributed by atoms with Crippen LogP contribution in [0.2, 0.25) is 0 Å². The fraction of sp³-hybridized carbons (Fsp3) is 0.231. The van der Waals surface area contributed by atoms with Crippen molar-refractivity contribution in [2.45, 2.75) is 18.9 Å². The van der Waals surface area contributed by atoms with Crippen molar-refractivity contribution in [3.05, 3.63) is 54.1 Å². The lowest BCUT2D eigenvalue weighted by Crippen LogP contribution is -2.15. The van der Waals surface area contributed by atoms with Gasteiger partial charge in [0.2, 0.25) is 0 Å². The number of pyridine rings is 2. The second-order valence-electron chi connectivity index (χ2n) is 3.99. The number of nitrogens with zero attached hydrogens (tertiary/aromatic N) is 2. The van der Waals surface area contributed by atoms with Gasteiger partial charge >= 0.3 is 0 Å². The summed E-state index contributed by atoms with van der Waals surface area (Å²) in [6, 6.07) is 5.54. The minimum absolute atomic E-state index is 0.455. The molecule has 2 rings (SSSR count). The summed E-state index contributed by atoms with van der Waals surface area (Å²) in [5.74, 6) is 0. The highest BCUT2D eigenvalue weighted by atomic mass is 16.3. The number of anilines is 1. The van der Waals surface area contributed by atoms with Crippen molar-refractivity contribution in [2.24, 2.45) is 0 Å². The van der Waals surface area contributed by atoms with Crippen LogP contribution in [0.5, 0.6) is 0 Å². The molecule has 4 heteroatoms. The summed E-state index contributed by atoms with van der Waals surface area (Å²) >= 11 is 0. The molecule has 1 unspecified atom stereocenters. The molecule has 0 aromatic carbocycles. The van der Waals surface area contributed by atoms with E-state index in [0.717, 1.165) is 11.1 Å². The molecule has 0 amide bonds. The lowest BCUT2D eigenvalue weighted by atomic mass is 10.0. The van der Waals surface area contributed by atoms with Crippen LogP contribution in [0.1, 0.15) is 11.1 Å². The van der Waals surface area contributed by atoms with Crippen LogP contribution >= 0.6 is 0 Å². The predicted molar refractivity (Wildman–Crippen MR) is 66.3 cm³/mol. The number of rotatable bonds is 4. The molecule has 3 N–H and O–H groups in total. The molecule has 0 radical (unpaired) electrons. The van der Waals surface area contributed by atoms with Crippen molar-refractivity contribution >= 4 is 5.69 Å². The van der Waals surface area contributed by atoms with Gasteiger partial charge in [0.05, 0.1) is 6.10 Å². The Morgan fingerprint density at radius 1 is 1.06 bits per heavy atom. The number of aromatic nitrogens is 2. The summed E-state index contributed by atoms with van der Waals surface area (Å²) in [6.45, 7) is 0. The van der Waals surface area contributed by atoms with Gasteiger partial charge in [-0.15, -0.1) is 0 Å². The van der Waals surface area contributed by atoms with Gasteiger partial charge < -0.3 is 10.8 Å². The van der Waals surface area contributed by atoms with Crippen LogP contribution in [0.3, 0.4) is 0 Å². The van der Waals surface area contributed by atoms with Gasteiger partial charge in [-0.2, -0.15) is 0 Å². The van der Waals surface area contributed by atoms with Crippen molar-refractivity contribution in [1.29, 1.82) is 0 Å². The Bertz CT molecular complexity index is 473. The summed E-state index contributed by atoms with van der Waals surface area (Å²) < 4.78 is 0. The summed E-state index contributed by atoms with van der Waals surface area (Å²) in [5, 5.41) is 9.98. The fourth-order valence-corrected chi connectivity index (χ4v) is 1.73. The van der Waals surface area contributed by atoms with Crippen molar-refractivity contribution < 1.29 is 5.11 Å². The van der Waals surface area contributed by atoms with E-state index < -0.39 is 6.10 Å². The maximum absolute atomic E-state index is 9.98. The number of nitrogens with two attached hydrogens (primary N) is 1. The molecular formula is C13H15N3O. The Balaban J connectivity index is 1.98. The van der Waals surface area contributed by atoms with E-state index in [1.54, 1.807) is 30.9 Å². The highest BCUT2D eigenvalue weighted by molar-refractivity contribution is 5.44. The van der Waals surface area contributed by atoms with Crippen molar-refractivity contribution in [2.75, 3.05) is 5.73 Å². The molecule has 2 heterocycles. The minimum Gasteiger partial charge on any atom is -0.398 e. The summed E-state index contributed by atoms with van der Waals surface area (Å²) in [5.41, 5.74) is 8.42. The summed E-state index contributed by atoms with van der Waals surface area (Å²) in [7, 11) is 0. The smallest absolute Gasteiger partial charge is 0.0622 e. The SMILES string of the molecule is Nc1ccncc1CC(O)Cc1ccncc1. The van der Waals surface area contributed by atoms with E-state index in [0.29, 0.717) is 18.5 Å². The van der Waals surface area contributed by atoms with E-state index in [1.807, 2.05) is 12.1 Å². The third-order valence-corrected chi connectivity index (χ3v) is 2.62. The van der Waals surface area contributed by atoms with Gasteiger partial charge in [0, 0.05) is 36.9 Å². The number of hydrogen-bond donors (Lipinski definition) is 2. The molecule has 88 valence electrons.